The minimum Gasteiger partial charge on any atom is -0.393 e. The van der Waals surface area contributed by atoms with Gasteiger partial charge in [-0.15, -0.1) is 11.3 Å². The van der Waals surface area contributed by atoms with E-state index in [0.29, 0.717) is 12.0 Å². The summed E-state index contributed by atoms with van der Waals surface area (Å²) in [7, 11) is 0. The third-order valence-corrected chi connectivity index (χ3v) is 2.24. The van der Waals surface area contributed by atoms with Crippen LogP contribution in [-0.2, 0) is 6.42 Å². The van der Waals surface area contributed by atoms with Crippen LogP contribution in [0.25, 0.3) is 0 Å². The van der Waals surface area contributed by atoms with Crippen LogP contribution in [0.15, 0.2) is 11.4 Å². The van der Waals surface area contributed by atoms with Crippen LogP contribution in [0.3, 0.4) is 0 Å². The molecule has 2 nitrogen and oxygen atoms in total. The van der Waals surface area contributed by atoms with E-state index in [9.17, 15) is 0 Å². The number of nitriles is 1. The molecule has 0 aliphatic rings. The van der Waals surface area contributed by atoms with Crippen LogP contribution in [0.5, 0.6) is 0 Å². The molecule has 11 heavy (non-hydrogen) atoms. The van der Waals surface area contributed by atoms with Crippen LogP contribution >= 0.6 is 11.3 Å². The van der Waals surface area contributed by atoms with Crippen LogP contribution in [0.1, 0.15) is 17.4 Å². The zero-order valence-corrected chi connectivity index (χ0v) is 7.06. The molecule has 0 bridgehead atoms. The lowest BCUT2D eigenvalue weighted by molar-refractivity contribution is 0.196. The molecule has 1 rings (SSSR count). The fourth-order valence-electron chi connectivity index (χ4n) is 0.837. The van der Waals surface area contributed by atoms with Crippen molar-refractivity contribution in [2.45, 2.75) is 19.4 Å². The number of nitrogens with zero attached hydrogens (tertiary/aromatic N) is 1. The second-order valence-electron chi connectivity index (χ2n) is 2.47. The molecule has 0 fully saturated rings. The van der Waals surface area contributed by atoms with E-state index < -0.39 is 0 Å². The SMILES string of the molecule is C[C@@H](O)Cc1cc(C#N)cs1. The van der Waals surface area contributed by atoms with E-state index in [1.54, 1.807) is 12.3 Å². The molecule has 0 radical (unpaired) electrons. The summed E-state index contributed by atoms with van der Waals surface area (Å²) in [5, 5.41) is 19.3. The molecule has 1 heterocycles. The molecule has 3 heteroatoms. The predicted molar refractivity (Wildman–Crippen MR) is 44.4 cm³/mol. The Bertz CT molecular complexity index is 272. The highest BCUT2D eigenvalue weighted by Crippen LogP contribution is 2.15. The van der Waals surface area contributed by atoms with Gasteiger partial charge in [0.25, 0.3) is 0 Å². The van der Waals surface area contributed by atoms with Crippen molar-refractivity contribution in [3.63, 3.8) is 0 Å². The summed E-state index contributed by atoms with van der Waals surface area (Å²) < 4.78 is 0. The molecule has 1 atom stereocenters. The summed E-state index contributed by atoms with van der Waals surface area (Å²) in [6.07, 6.45) is 0.326. The fourth-order valence-corrected chi connectivity index (χ4v) is 1.77. The number of aliphatic hydroxyl groups is 1. The molecule has 0 saturated carbocycles. The average molecular weight is 167 g/mol. The van der Waals surface area contributed by atoms with Crippen molar-refractivity contribution < 1.29 is 5.11 Å². The molecule has 1 N–H and O–H groups in total. The molecule has 0 spiro atoms. The van der Waals surface area contributed by atoms with Gasteiger partial charge in [-0.3, -0.25) is 0 Å². The highest BCUT2D eigenvalue weighted by molar-refractivity contribution is 7.10. The Morgan fingerprint density at radius 1 is 1.82 bits per heavy atom. The van der Waals surface area contributed by atoms with Gasteiger partial charge in [0.2, 0.25) is 0 Å². The van der Waals surface area contributed by atoms with Gasteiger partial charge in [0.15, 0.2) is 0 Å². The van der Waals surface area contributed by atoms with E-state index >= 15 is 0 Å². The first-order valence-electron chi connectivity index (χ1n) is 3.38. The summed E-state index contributed by atoms with van der Waals surface area (Å²) in [5.74, 6) is 0. The monoisotopic (exact) mass is 167 g/mol. The van der Waals surface area contributed by atoms with Gasteiger partial charge in [-0.1, -0.05) is 0 Å². The fraction of sp³-hybridized carbons (Fsp3) is 0.375. The van der Waals surface area contributed by atoms with Crippen molar-refractivity contribution in [3.8, 4) is 6.07 Å². The molecule has 0 aromatic carbocycles. The standard InChI is InChI=1S/C8H9NOS/c1-6(10)2-8-3-7(4-9)5-11-8/h3,5-6,10H,2H2,1H3/t6-/m1/s1. The highest BCUT2D eigenvalue weighted by atomic mass is 32.1. The van der Waals surface area contributed by atoms with E-state index in [1.165, 1.54) is 11.3 Å². The smallest absolute Gasteiger partial charge is 0.100 e. The second-order valence-corrected chi connectivity index (χ2v) is 3.46. The highest BCUT2D eigenvalue weighted by Gasteiger charge is 2.01. The number of hydrogen-bond donors (Lipinski definition) is 1. The van der Waals surface area contributed by atoms with E-state index in [1.807, 2.05) is 12.1 Å². The van der Waals surface area contributed by atoms with Gasteiger partial charge in [-0.2, -0.15) is 5.26 Å². The quantitative estimate of drug-likeness (QED) is 0.726. The van der Waals surface area contributed by atoms with Gasteiger partial charge < -0.3 is 5.11 Å². The van der Waals surface area contributed by atoms with Gasteiger partial charge >= 0.3 is 0 Å². The van der Waals surface area contributed by atoms with E-state index in [2.05, 4.69) is 0 Å². The van der Waals surface area contributed by atoms with Crippen LogP contribution in [0.4, 0.5) is 0 Å². The van der Waals surface area contributed by atoms with Crippen LogP contribution in [0.2, 0.25) is 0 Å². The zero-order chi connectivity index (χ0) is 8.27. The summed E-state index contributed by atoms with van der Waals surface area (Å²) in [5.41, 5.74) is 0.686. The Morgan fingerprint density at radius 2 is 2.55 bits per heavy atom. The summed E-state index contributed by atoms with van der Waals surface area (Å²) in [6, 6.07) is 3.87. The first-order valence-corrected chi connectivity index (χ1v) is 4.26. The Morgan fingerprint density at radius 3 is 3.00 bits per heavy atom. The lowest BCUT2D eigenvalue weighted by atomic mass is 10.2. The maximum atomic E-state index is 9.01. The first-order chi connectivity index (χ1) is 5.22. The number of aliphatic hydroxyl groups excluding tert-OH is 1. The molecular formula is C8H9NOS. The molecule has 0 unspecified atom stereocenters. The zero-order valence-electron chi connectivity index (χ0n) is 6.24. The number of rotatable bonds is 2. The van der Waals surface area contributed by atoms with E-state index in [0.717, 1.165) is 4.88 Å². The van der Waals surface area contributed by atoms with Crippen LogP contribution < -0.4 is 0 Å². The lowest BCUT2D eigenvalue weighted by Gasteiger charge is -1.98. The van der Waals surface area contributed by atoms with Crippen molar-refractivity contribution in [1.29, 1.82) is 5.26 Å². The third-order valence-electron chi connectivity index (χ3n) is 1.28. The maximum absolute atomic E-state index is 9.01. The van der Waals surface area contributed by atoms with Crippen molar-refractivity contribution in [2.75, 3.05) is 0 Å². The molecular weight excluding hydrogens is 158 g/mol. The largest absolute Gasteiger partial charge is 0.393 e. The predicted octanol–water partition coefficient (Wildman–Crippen LogP) is 1.54. The van der Waals surface area contributed by atoms with Crippen molar-refractivity contribution in [3.05, 3.63) is 21.9 Å². The maximum Gasteiger partial charge on any atom is 0.100 e. The lowest BCUT2D eigenvalue weighted by Crippen LogP contribution is -2.01. The first kappa shape index (κ1) is 8.25. The number of hydrogen-bond acceptors (Lipinski definition) is 3. The molecule has 0 aliphatic carbocycles. The van der Waals surface area contributed by atoms with E-state index in [-0.39, 0.29) is 6.10 Å². The molecule has 0 saturated heterocycles. The minimum absolute atomic E-state index is 0.319. The Hall–Kier alpha value is -0.850. The van der Waals surface area contributed by atoms with Gasteiger partial charge in [0.05, 0.1) is 11.7 Å². The van der Waals surface area contributed by atoms with Crippen molar-refractivity contribution >= 4 is 11.3 Å². The van der Waals surface area contributed by atoms with Crippen LogP contribution in [-0.4, -0.2) is 11.2 Å². The van der Waals surface area contributed by atoms with Gasteiger partial charge in [-0.05, 0) is 13.0 Å². The second kappa shape index (κ2) is 3.51. The summed E-state index contributed by atoms with van der Waals surface area (Å²) in [6.45, 7) is 1.74. The summed E-state index contributed by atoms with van der Waals surface area (Å²) >= 11 is 1.52. The van der Waals surface area contributed by atoms with Gasteiger partial charge in [0, 0.05) is 16.7 Å². The van der Waals surface area contributed by atoms with Gasteiger partial charge in [-0.25, -0.2) is 0 Å². The summed E-state index contributed by atoms with van der Waals surface area (Å²) in [4.78, 5) is 1.07. The minimum atomic E-state index is -0.319. The molecule has 58 valence electrons. The molecule has 0 amide bonds. The van der Waals surface area contributed by atoms with E-state index in [4.69, 9.17) is 10.4 Å². The van der Waals surface area contributed by atoms with Crippen molar-refractivity contribution in [2.24, 2.45) is 0 Å². The Balaban J connectivity index is 2.67. The normalized spacial score (nSPS) is 12.5. The van der Waals surface area contributed by atoms with Crippen molar-refractivity contribution in [1.82, 2.24) is 0 Å². The number of thiophene rings is 1. The molecule has 0 aliphatic heterocycles. The average Bonchev–Trinajstić information content (AvgIpc) is 2.34. The Labute approximate surface area is 69.7 Å². The third kappa shape index (κ3) is 2.34. The Kier molecular flexibility index (Phi) is 2.64. The molecule has 1 aromatic rings. The topological polar surface area (TPSA) is 44.0 Å². The van der Waals surface area contributed by atoms with Crippen LogP contribution in [0, 0.1) is 11.3 Å². The molecule has 1 aromatic heterocycles. The van der Waals surface area contributed by atoms with Gasteiger partial charge in [0.1, 0.15) is 6.07 Å².